The maximum absolute atomic E-state index is 12.0. The van der Waals surface area contributed by atoms with Crippen molar-refractivity contribution < 1.29 is 4.79 Å². The Morgan fingerprint density at radius 2 is 2.19 bits per heavy atom. The Hall–Kier alpha value is -1.55. The fourth-order valence-electron chi connectivity index (χ4n) is 2.75. The van der Waals surface area contributed by atoms with Crippen molar-refractivity contribution in [2.45, 2.75) is 45.2 Å². The standard InChI is InChI=1S/C17H27N3O/c1-13(2)19-17(21)14-7-6-8-15(11-14)18-12-16-9-4-5-10-20(16)3/h6-8,11,13,16,18H,4-5,9-10,12H2,1-3H3,(H,19,21). The molecular weight excluding hydrogens is 262 g/mol. The Labute approximate surface area is 127 Å². The van der Waals surface area contributed by atoms with Crippen molar-refractivity contribution in [1.29, 1.82) is 0 Å². The molecule has 1 fully saturated rings. The molecule has 0 spiro atoms. The van der Waals surface area contributed by atoms with Crippen LogP contribution in [0, 0.1) is 0 Å². The van der Waals surface area contributed by atoms with Crippen LogP contribution >= 0.6 is 0 Å². The van der Waals surface area contributed by atoms with E-state index in [0.29, 0.717) is 11.6 Å². The van der Waals surface area contributed by atoms with E-state index in [4.69, 9.17) is 0 Å². The van der Waals surface area contributed by atoms with Gasteiger partial charge >= 0.3 is 0 Å². The molecule has 0 saturated carbocycles. The molecule has 4 heteroatoms. The molecule has 116 valence electrons. The Bertz CT molecular complexity index is 473. The van der Waals surface area contributed by atoms with Gasteiger partial charge in [-0.2, -0.15) is 0 Å². The molecule has 0 aromatic heterocycles. The third kappa shape index (κ3) is 4.74. The summed E-state index contributed by atoms with van der Waals surface area (Å²) in [5, 5.41) is 6.40. The fourth-order valence-corrected chi connectivity index (χ4v) is 2.75. The van der Waals surface area contributed by atoms with Crippen molar-refractivity contribution in [3.8, 4) is 0 Å². The molecule has 0 radical (unpaired) electrons. The third-order valence-corrected chi connectivity index (χ3v) is 4.01. The molecule has 2 N–H and O–H groups in total. The lowest BCUT2D eigenvalue weighted by Crippen LogP contribution is -2.40. The number of rotatable bonds is 5. The van der Waals surface area contributed by atoms with Crippen molar-refractivity contribution in [3.05, 3.63) is 29.8 Å². The normalized spacial score (nSPS) is 19.5. The molecule has 1 amide bonds. The predicted octanol–water partition coefficient (Wildman–Crippen LogP) is 2.72. The average Bonchev–Trinajstić information content (AvgIpc) is 2.46. The number of anilines is 1. The molecule has 1 aliphatic heterocycles. The van der Waals surface area contributed by atoms with Crippen LogP contribution in [0.4, 0.5) is 5.69 Å². The van der Waals surface area contributed by atoms with E-state index >= 15 is 0 Å². The van der Waals surface area contributed by atoms with E-state index in [1.807, 2.05) is 38.1 Å². The van der Waals surface area contributed by atoms with Crippen LogP contribution in [-0.2, 0) is 0 Å². The number of hydrogen-bond donors (Lipinski definition) is 2. The minimum Gasteiger partial charge on any atom is -0.383 e. The molecule has 1 unspecified atom stereocenters. The quantitative estimate of drug-likeness (QED) is 0.876. The topological polar surface area (TPSA) is 44.4 Å². The number of carbonyl (C=O) groups excluding carboxylic acids is 1. The number of piperidine rings is 1. The molecule has 1 saturated heterocycles. The summed E-state index contributed by atoms with van der Waals surface area (Å²) in [7, 11) is 2.19. The highest BCUT2D eigenvalue weighted by Gasteiger charge is 2.18. The largest absolute Gasteiger partial charge is 0.383 e. The van der Waals surface area contributed by atoms with Crippen LogP contribution in [0.3, 0.4) is 0 Å². The number of amides is 1. The maximum Gasteiger partial charge on any atom is 0.251 e. The summed E-state index contributed by atoms with van der Waals surface area (Å²) in [5.74, 6) is -0.0107. The number of benzene rings is 1. The monoisotopic (exact) mass is 289 g/mol. The van der Waals surface area contributed by atoms with E-state index in [9.17, 15) is 4.79 Å². The van der Waals surface area contributed by atoms with Gasteiger partial charge in [0.05, 0.1) is 0 Å². The highest BCUT2D eigenvalue weighted by Crippen LogP contribution is 2.17. The Kier molecular flexibility index (Phi) is 5.62. The molecule has 0 bridgehead atoms. The van der Waals surface area contributed by atoms with Gasteiger partial charge in [0.1, 0.15) is 0 Å². The molecule has 21 heavy (non-hydrogen) atoms. The minimum absolute atomic E-state index is 0.0107. The molecule has 1 aliphatic rings. The molecule has 1 atom stereocenters. The first-order valence-corrected chi connectivity index (χ1v) is 7.91. The number of nitrogens with zero attached hydrogens (tertiary/aromatic N) is 1. The van der Waals surface area contributed by atoms with E-state index in [-0.39, 0.29) is 11.9 Å². The van der Waals surface area contributed by atoms with Crippen molar-refractivity contribution in [2.24, 2.45) is 0 Å². The molecule has 1 heterocycles. The number of likely N-dealkylation sites (tertiary alicyclic amines) is 1. The lowest BCUT2D eigenvalue weighted by molar-refractivity contribution is 0.0943. The van der Waals surface area contributed by atoms with E-state index in [1.165, 1.54) is 25.8 Å². The van der Waals surface area contributed by atoms with Gasteiger partial charge < -0.3 is 15.5 Å². The number of carbonyl (C=O) groups is 1. The molecule has 4 nitrogen and oxygen atoms in total. The van der Waals surface area contributed by atoms with Crippen molar-refractivity contribution >= 4 is 11.6 Å². The first-order valence-electron chi connectivity index (χ1n) is 7.91. The SMILES string of the molecule is CC(C)NC(=O)c1cccc(NCC2CCCCN2C)c1. The van der Waals surface area contributed by atoms with E-state index < -0.39 is 0 Å². The number of nitrogens with one attached hydrogen (secondary N) is 2. The first kappa shape index (κ1) is 15.8. The van der Waals surface area contributed by atoms with Gasteiger partial charge in [-0.1, -0.05) is 12.5 Å². The average molecular weight is 289 g/mol. The van der Waals surface area contributed by atoms with Crippen LogP contribution in [0.2, 0.25) is 0 Å². The van der Waals surface area contributed by atoms with Gasteiger partial charge in [0, 0.05) is 29.9 Å². The highest BCUT2D eigenvalue weighted by atomic mass is 16.1. The zero-order valence-electron chi connectivity index (χ0n) is 13.4. The molecule has 2 rings (SSSR count). The smallest absolute Gasteiger partial charge is 0.251 e. The Morgan fingerprint density at radius 3 is 2.90 bits per heavy atom. The van der Waals surface area contributed by atoms with E-state index in [1.54, 1.807) is 0 Å². The van der Waals surface area contributed by atoms with Crippen LogP contribution in [0.15, 0.2) is 24.3 Å². The van der Waals surface area contributed by atoms with Gasteiger partial charge in [-0.15, -0.1) is 0 Å². The van der Waals surface area contributed by atoms with E-state index in [2.05, 4.69) is 22.6 Å². The van der Waals surface area contributed by atoms with Gasteiger partial charge in [-0.25, -0.2) is 0 Å². The predicted molar refractivity (Wildman–Crippen MR) is 87.8 cm³/mol. The zero-order chi connectivity index (χ0) is 15.2. The van der Waals surface area contributed by atoms with Crippen LogP contribution in [0.1, 0.15) is 43.5 Å². The van der Waals surface area contributed by atoms with Crippen LogP contribution in [0.5, 0.6) is 0 Å². The van der Waals surface area contributed by atoms with Gasteiger partial charge in [0.15, 0.2) is 0 Å². The Morgan fingerprint density at radius 1 is 1.38 bits per heavy atom. The Balaban J connectivity index is 1.93. The lowest BCUT2D eigenvalue weighted by Gasteiger charge is -2.32. The molecule has 1 aromatic rings. The summed E-state index contributed by atoms with van der Waals surface area (Å²) in [6.45, 7) is 6.06. The van der Waals surface area contributed by atoms with Gasteiger partial charge in [0.2, 0.25) is 0 Å². The maximum atomic E-state index is 12.0. The van der Waals surface area contributed by atoms with Crippen LogP contribution in [-0.4, -0.2) is 43.0 Å². The van der Waals surface area contributed by atoms with Crippen LogP contribution < -0.4 is 10.6 Å². The fraction of sp³-hybridized carbons (Fsp3) is 0.588. The summed E-state index contributed by atoms with van der Waals surface area (Å²) in [4.78, 5) is 14.4. The van der Waals surface area contributed by atoms with Gasteiger partial charge in [-0.05, 0) is 58.5 Å². The van der Waals surface area contributed by atoms with E-state index in [0.717, 1.165) is 12.2 Å². The summed E-state index contributed by atoms with van der Waals surface area (Å²) < 4.78 is 0. The lowest BCUT2D eigenvalue weighted by atomic mass is 10.0. The second-order valence-corrected chi connectivity index (χ2v) is 6.22. The minimum atomic E-state index is -0.0107. The summed E-state index contributed by atoms with van der Waals surface area (Å²) in [5.41, 5.74) is 1.73. The van der Waals surface area contributed by atoms with Crippen LogP contribution in [0.25, 0.3) is 0 Å². The van der Waals surface area contributed by atoms with Crippen molar-refractivity contribution in [1.82, 2.24) is 10.2 Å². The summed E-state index contributed by atoms with van der Waals surface area (Å²) >= 11 is 0. The molecule has 1 aromatic carbocycles. The highest BCUT2D eigenvalue weighted by molar-refractivity contribution is 5.95. The van der Waals surface area contributed by atoms with Gasteiger partial charge in [0.25, 0.3) is 5.91 Å². The first-order chi connectivity index (χ1) is 10.1. The van der Waals surface area contributed by atoms with Crippen molar-refractivity contribution in [2.75, 3.05) is 25.5 Å². The number of hydrogen-bond acceptors (Lipinski definition) is 3. The molecule has 0 aliphatic carbocycles. The molecular formula is C17H27N3O. The second kappa shape index (κ2) is 7.46. The van der Waals surface area contributed by atoms with Crippen molar-refractivity contribution in [3.63, 3.8) is 0 Å². The second-order valence-electron chi connectivity index (χ2n) is 6.22. The van der Waals surface area contributed by atoms with Gasteiger partial charge in [-0.3, -0.25) is 4.79 Å². The zero-order valence-corrected chi connectivity index (χ0v) is 13.4. The summed E-state index contributed by atoms with van der Waals surface area (Å²) in [6, 6.07) is 8.49. The third-order valence-electron chi connectivity index (χ3n) is 4.01. The summed E-state index contributed by atoms with van der Waals surface area (Å²) in [6.07, 6.45) is 3.86. The number of likely N-dealkylation sites (N-methyl/N-ethyl adjacent to an activating group) is 1.